The van der Waals surface area contributed by atoms with Gasteiger partial charge in [0.25, 0.3) is 0 Å². The fraction of sp³-hybridized carbons (Fsp3) is 0.933. The maximum Gasteiger partial charge on any atom is 0.135 e. The molecule has 92 valence electrons. The molecule has 0 aromatic carbocycles. The van der Waals surface area contributed by atoms with Crippen molar-refractivity contribution in [2.75, 3.05) is 0 Å². The normalized spacial score (nSPS) is 34.4. The summed E-state index contributed by atoms with van der Waals surface area (Å²) in [5, 5.41) is 0. The Morgan fingerprint density at radius 3 is 2.56 bits per heavy atom. The third-order valence-corrected chi connectivity index (χ3v) is 4.77. The van der Waals surface area contributed by atoms with Gasteiger partial charge in [0.15, 0.2) is 0 Å². The van der Waals surface area contributed by atoms with E-state index >= 15 is 0 Å². The van der Waals surface area contributed by atoms with Gasteiger partial charge in [0.2, 0.25) is 0 Å². The van der Waals surface area contributed by atoms with Crippen molar-refractivity contribution in [3.05, 3.63) is 0 Å². The Balaban J connectivity index is 1.82. The molecule has 2 fully saturated rings. The molecule has 0 radical (unpaired) electrons. The number of ketones is 1. The maximum absolute atomic E-state index is 12.0. The van der Waals surface area contributed by atoms with E-state index in [1.165, 1.54) is 44.9 Å². The molecule has 1 heteroatoms. The van der Waals surface area contributed by atoms with E-state index in [2.05, 4.69) is 6.92 Å². The van der Waals surface area contributed by atoms with Crippen molar-refractivity contribution in [2.24, 2.45) is 17.8 Å². The van der Waals surface area contributed by atoms with Crippen LogP contribution >= 0.6 is 0 Å². The van der Waals surface area contributed by atoms with Gasteiger partial charge in [-0.1, -0.05) is 39.0 Å². The van der Waals surface area contributed by atoms with Gasteiger partial charge < -0.3 is 0 Å². The van der Waals surface area contributed by atoms with Crippen LogP contribution in [0.1, 0.15) is 71.1 Å². The highest BCUT2D eigenvalue weighted by Crippen LogP contribution is 2.43. The SMILES string of the molecule is CCCCC(=O)[C@@H]1CC[C@@H]2CCCCC2C1. The second kappa shape index (κ2) is 5.84. The van der Waals surface area contributed by atoms with E-state index in [9.17, 15) is 4.79 Å². The summed E-state index contributed by atoms with van der Waals surface area (Å²) < 4.78 is 0. The summed E-state index contributed by atoms with van der Waals surface area (Å²) in [5.41, 5.74) is 0. The van der Waals surface area contributed by atoms with Crippen LogP contribution in [-0.4, -0.2) is 5.78 Å². The van der Waals surface area contributed by atoms with E-state index in [1.807, 2.05) is 0 Å². The molecule has 0 aliphatic heterocycles. The van der Waals surface area contributed by atoms with E-state index in [-0.39, 0.29) is 0 Å². The Bertz CT molecular complexity index is 234. The first-order chi connectivity index (χ1) is 7.81. The van der Waals surface area contributed by atoms with Crippen molar-refractivity contribution >= 4 is 5.78 Å². The highest BCUT2D eigenvalue weighted by molar-refractivity contribution is 5.81. The number of carbonyl (C=O) groups is 1. The first kappa shape index (κ1) is 12.1. The molecular formula is C15H26O. The van der Waals surface area contributed by atoms with Crippen LogP contribution in [0.2, 0.25) is 0 Å². The molecule has 0 amide bonds. The van der Waals surface area contributed by atoms with Gasteiger partial charge in [0.05, 0.1) is 0 Å². The van der Waals surface area contributed by atoms with Gasteiger partial charge in [-0.15, -0.1) is 0 Å². The zero-order chi connectivity index (χ0) is 11.4. The van der Waals surface area contributed by atoms with Crippen molar-refractivity contribution in [1.29, 1.82) is 0 Å². The number of Topliss-reactive ketones (excluding diaryl/α,β-unsaturated/α-hetero) is 1. The minimum Gasteiger partial charge on any atom is -0.299 e. The van der Waals surface area contributed by atoms with Crippen LogP contribution in [0.3, 0.4) is 0 Å². The molecule has 0 saturated heterocycles. The van der Waals surface area contributed by atoms with E-state index in [0.717, 1.165) is 31.1 Å². The van der Waals surface area contributed by atoms with Crippen molar-refractivity contribution in [3.63, 3.8) is 0 Å². The number of unbranched alkanes of at least 4 members (excludes halogenated alkanes) is 1. The minimum absolute atomic E-state index is 0.436. The average molecular weight is 222 g/mol. The number of hydrogen-bond donors (Lipinski definition) is 0. The predicted molar refractivity (Wildman–Crippen MR) is 67.3 cm³/mol. The van der Waals surface area contributed by atoms with Gasteiger partial charge in [-0.05, 0) is 37.5 Å². The van der Waals surface area contributed by atoms with Crippen LogP contribution in [-0.2, 0) is 4.79 Å². The Labute approximate surface area is 100.0 Å². The Morgan fingerprint density at radius 1 is 1.06 bits per heavy atom. The van der Waals surface area contributed by atoms with E-state index in [1.54, 1.807) is 0 Å². The topological polar surface area (TPSA) is 17.1 Å². The summed E-state index contributed by atoms with van der Waals surface area (Å²) in [6, 6.07) is 0. The Hall–Kier alpha value is -0.330. The molecule has 2 aliphatic rings. The summed E-state index contributed by atoms with van der Waals surface area (Å²) in [6.07, 6.45) is 12.6. The predicted octanol–water partition coefficient (Wildman–Crippen LogP) is 4.35. The highest BCUT2D eigenvalue weighted by Gasteiger charge is 2.34. The van der Waals surface area contributed by atoms with Crippen LogP contribution in [0.15, 0.2) is 0 Å². The molecule has 0 N–H and O–H groups in total. The lowest BCUT2D eigenvalue weighted by molar-refractivity contribution is -0.125. The largest absolute Gasteiger partial charge is 0.299 e. The lowest BCUT2D eigenvalue weighted by atomic mass is 9.66. The van der Waals surface area contributed by atoms with Gasteiger partial charge in [-0.3, -0.25) is 4.79 Å². The summed E-state index contributed by atoms with van der Waals surface area (Å²) in [4.78, 5) is 12.0. The summed E-state index contributed by atoms with van der Waals surface area (Å²) in [7, 11) is 0. The second-order valence-electron chi connectivity index (χ2n) is 5.88. The monoisotopic (exact) mass is 222 g/mol. The molecule has 3 atom stereocenters. The maximum atomic E-state index is 12.0. The molecule has 0 bridgehead atoms. The molecule has 16 heavy (non-hydrogen) atoms. The molecular weight excluding hydrogens is 196 g/mol. The van der Waals surface area contributed by atoms with Crippen molar-refractivity contribution in [1.82, 2.24) is 0 Å². The number of carbonyl (C=O) groups excluding carboxylic acids is 1. The average Bonchev–Trinajstić information content (AvgIpc) is 2.35. The van der Waals surface area contributed by atoms with Gasteiger partial charge >= 0.3 is 0 Å². The van der Waals surface area contributed by atoms with Gasteiger partial charge in [0.1, 0.15) is 5.78 Å². The number of rotatable bonds is 4. The molecule has 2 rings (SSSR count). The third kappa shape index (κ3) is 2.87. The van der Waals surface area contributed by atoms with Crippen molar-refractivity contribution < 1.29 is 4.79 Å². The van der Waals surface area contributed by atoms with E-state index < -0.39 is 0 Å². The Kier molecular flexibility index (Phi) is 4.43. The summed E-state index contributed by atoms with van der Waals surface area (Å²) in [6.45, 7) is 2.17. The van der Waals surface area contributed by atoms with Crippen LogP contribution in [0.4, 0.5) is 0 Å². The highest BCUT2D eigenvalue weighted by atomic mass is 16.1. The summed E-state index contributed by atoms with van der Waals surface area (Å²) in [5.74, 6) is 2.89. The van der Waals surface area contributed by atoms with Crippen LogP contribution in [0.5, 0.6) is 0 Å². The molecule has 2 saturated carbocycles. The smallest absolute Gasteiger partial charge is 0.135 e. The number of fused-ring (bicyclic) bond motifs is 1. The Morgan fingerprint density at radius 2 is 1.81 bits per heavy atom. The van der Waals surface area contributed by atoms with Gasteiger partial charge in [-0.2, -0.15) is 0 Å². The molecule has 0 spiro atoms. The van der Waals surface area contributed by atoms with E-state index in [4.69, 9.17) is 0 Å². The van der Waals surface area contributed by atoms with Crippen LogP contribution < -0.4 is 0 Å². The van der Waals surface area contributed by atoms with Crippen LogP contribution in [0, 0.1) is 17.8 Å². The lowest BCUT2D eigenvalue weighted by Crippen LogP contribution is -2.31. The van der Waals surface area contributed by atoms with E-state index in [0.29, 0.717) is 11.7 Å². The molecule has 0 heterocycles. The number of hydrogen-bond acceptors (Lipinski definition) is 1. The second-order valence-corrected chi connectivity index (χ2v) is 5.88. The van der Waals surface area contributed by atoms with Crippen molar-refractivity contribution in [3.8, 4) is 0 Å². The van der Waals surface area contributed by atoms with Crippen molar-refractivity contribution in [2.45, 2.75) is 71.1 Å². The molecule has 1 nitrogen and oxygen atoms in total. The third-order valence-electron chi connectivity index (χ3n) is 4.77. The summed E-state index contributed by atoms with van der Waals surface area (Å²) >= 11 is 0. The first-order valence-electron chi connectivity index (χ1n) is 7.34. The first-order valence-corrected chi connectivity index (χ1v) is 7.34. The minimum atomic E-state index is 0.436. The standard InChI is InChI=1S/C15H26O/c1-2-3-8-15(16)14-10-9-12-6-4-5-7-13(12)11-14/h12-14H,2-11H2,1H3/t12-,13?,14+/m0/s1. The fourth-order valence-corrected chi connectivity index (χ4v) is 3.72. The van der Waals surface area contributed by atoms with Gasteiger partial charge in [0, 0.05) is 12.3 Å². The fourth-order valence-electron chi connectivity index (χ4n) is 3.72. The lowest BCUT2D eigenvalue weighted by Gasteiger charge is -2.38. The quantitative estimate of drug-likeness (QED) is 0.691. The zero-order valence-corrected chi connectivity index (χ0v) is 10.7. The molecule has 0 aromatic rings. The zero-order valence-electron chi connectivity index (χ0n) is 10.7. The van der Waals surface area contributed by atoms with Gasteiger partial charge in [-0.25, -0.2) is 0 Å². The molecule has 2 aliphatic carbocycles. The van der Waals surface area contributed by atoms with Crippen LogP contribution in [0.25, 0.3) is 0 Å². The molecule has 0 aromatic heterocycles. The molecule has 1 unspecified atom stereocenters.